The molecular formula is C3H5S2. The van der Waals surface area contributed by atoms with E-state index < -0.39 is 0 Å². The predicted molar refractivity (Wildman–Crippen MR) is 29.2 cm³/mol. The Morgan fingerprint density at radius 2 is 1.80 bits per heavy atom. The summed E-state index contributed by atoms with van der Waals surface area (Å²) in [6.45, 7) is 0. The first-order chi connectivity index (χ1) is 2.50. The fourth-order valence-corrected chi connectivity index (χ4v) is 2.17. The molecule has 0 aromatic rings. The molecule has 5 heavy (non-hydrogen) atoms. The standard InChI is InChI=1S/C3H5S2/c1-2-4-5-3-1/h1H,2-3H2. The highest BCUT2D eigenvalue weighted by atomic mass is 33.1. The Morgan fingerprint density at radius 1 is 1.20 bits per heavy atom. The van der Waals surface area contributed by atoms with Gasteiger partial charge in [-0.3, -0.25) is 0 Å². The summed E-state index contributed by atoms with van der Waals surface area (Å²) in [4.78, 5) is 0. The Hall–Kier alpha value is 0.700. The summed E-state index contributed by atoms with van der Waals surface area (Å²) in [5, 5.41) is 0. The van der Waals surface area contributed by atoms with Crippen molar-refractivity contribution in [3.8, 4) is 0 Å². The van der Waals surface area contributed by atoms with E-state index in [9.17, 15) is 0 Å². The Labute approximate surface area is 40.1 Å². The Kier molecular flexibility index (Phi) is 1.53. The van der Waals surface area contributed by atoms with Crippen LogP contribution in [-0.4, -0.2) is 11.5 Å². The molecule has 1 rings (SSSR count). The second kappa shape index (κ2) is 1.98. The third-order valence-electron chi connectivity index (χ3n) is 0.455. The summed E-state index contributed by atoms with van der Waals surface area (Å²) in [5.74, 6) is 2.51. The van der Waals surface area contributed by atoms with E-state index in [1.165, 1.54) is 11.5 Å². The third kappa shape index (κ3) is 1.05. The van der Waals surface area contributed by atoms with Crippen LogP contribution in [0.15, 0.2) is 0 Å². The molecule has 1 saturated heterocycles. The lowest BCUT2D eigenvalue weighted by Crippen LogP contribution is -1.66. The van der Waals surface area contributed by atoms with Gasteiger partial charge in [-0.2, -0.15) is 0 Å². The van der Waals surface area contributed by atoms with Crippen LogP contribution in [0.3, 0.4) is 0 Å². The van der Waals surface area contributed by atoms with Crippen molar-refractivity contribution in [3.63, 3.8) is 0 Å². The summed E-state index contributed by atoms with van der Waals surface area (Å²) in [7, 11) is 3.87. The van der Waals surface area contributed by atoms with Gasteiger partial charge < -0.3 is 0 Å². The maximum absolute atomic E-state index is 2.29. The third-order valence-corrected chi connectivity index (χ3v) is 2.68. The molecule has 2 heteroatoms. The largest absolute Gasteiger partial charge is 0.0938 e. The monoisotopic (exact) mass is 105 g/mol. The van der Waals surface area contributed by atoms with Crippen LogP contribution in [0, 0.1) is 6.42 Å². The van der Waals surface area contributed by atoms with E-state index in [1.807, 2.05) is 21.6 Å². The number of hydrogen-bond acceptors (Lipinski definition) is 2. The molecule has 1 fully saturated rings. The van der Waals surface area contributed by atoms with Gasteiger partial charge in [0.05, 0.1) is 0 Å². The van der Waals surface area contributed by atoms with Gasteiger partial charge in [0.25, 0.3) is 0 Å². The van der Waals surface area contributed by atoms with Gasteiger partial charge in [0.2, 0.25) is 0 Å². The molecule has 0 amide bonds. The van der Waals surface area contributed by atoms with E-state index in [2.05, 4.69) is 6.42 Å². The lowest BCUT2D eigenvalue weighted by molar-refractivity contribution is 1.48. The van der Waals surface area contributed by atoms with Crippen LogP contribution >= 0.6 is 21.6 Å². The topological polar surface area (TPSA) is 0 Å². The van der Waals surface area contributed by atoms with Crippen LogP contribution in [0.2, 0.25) is 0 Å². The van der Waals surface area contributed by atoms with Gasteiger partial charge >= 0.3 is 0 Å². The van der Waals surface area contributed by atoms with Crippen LogP contribution in [0.25, 0.3) is 0 Å². The summed E-state index contributed by atoms with van der Waals surface area (Å²) in [6.07, 6.45) is 2.29. The molecule has 0 N–H and O–H groups in total. The molecule has 1 radical (unpaired) electrons. The zero-order chi connectivity index (χ0) is 3.54. The molecule has 0 saturated carbocycles. The van der Waals surface area contributed by atoms with Crippen molar-refractivity contribution in [2.75, 3.05) is 11.5 Å². The second-order valence-corrected chi connectivity index (χ2v) is 3.41. The Bertz CT molecular complexity index is 16.5. The molecule has 0 aromatic carbocycles. The highest BCUT2D eigenvalue weighted by Gasteiger charge is 1.97. The molecule has 0 spiro atoms. The highest BCUT2D eigenvalue weighted by Crippen LogP contribution is 2.28. The molecule has 0 unspecified atom stereocenters. The van der Waals surface area contributed by atoms with Crippen LogP contribution in [0.5, 0.6) is 0 Å². The fraction of sp³-hybridized carbons (Fsp3) is 0.667. The van der Waals surface area contributed by atoms with E-state index in [0.29, 0.717) is 0 Å². The zero-order valence-corrected chi connectivity index (χ0v) is 4.44. The molecule has 0 aliphatic carbocycles. The average molecular weight is 105 g/mol. The zero-order valence-electron chi connectivity index (χ0n) is 2.81. The SMILES string of the molecule is [CH]1CSSC1. The Morgan fingerprint density at radius 3 is 2.00 bits per heavy atom. The van der Waals surface area contributed by atoms with Crippen molar-refractivity contribution in [3.05, 3.63) is 6.42 Å². The molecule has 1 aliphatic heterocycles. The normalized spacial score (nSPS) is 24.0. The molecule has 1 heterocycles. The van der Waals surface area contributed by atoms with Gasteiger partial charge in [0.1, 0.15) is 0 Å². The molecular weight excluding hydrogens is 100 g/mol. The number of hydrogen-bond donors (Lipinski definition) is 0. The van der Waals surface area contributed by atoms with E-state index in [4.69, 9.17) is 0 Å². The predicted octanol–water partition coefficient (Wildman–Crippen LogP) is 1.59. The maximum atomic E-state index is 2.29. The first-order valence-corrected chi connectivity index (χ1v) is 4.05. The van der Waals surface area contributed by atoms with Crippen LogP contribution in [-0.2, 0) is 0 Å². The number of rotatable bonds is 0. The Balaban J connectivity index is 2.08. The van der Waals surface area contributed by atoms with Crippen LogP contribution in [0.1, 0.15) is 0 Å². The molecule has 0 nitrogen and oxygen atoms in total. The second-order valence-electron chi connectivity index (χ2n) is 0.858. The van der Waals surface area contributed by atoms with Crippen molar-refractivity contribution in [2.24, 2.45) is 0 Å². The van der Waals surface area contributed by atoms with Gasteiger partial charge in [0.15, 0.2) is 0 Å². The maximum Gasteiger partial charge on any atom is 0.00767 e. The minimum absolute atomic E-state index is 1.25. The quantitative estimate of drug-likeness (QED) is 0.429. The van der Waals surface area contributed by atoms with Crippen LogP contribution < -0.4 is 0 Å². The van der Waals surface area contributed by atoms with Crippen molar-refractivity contribution < 1.29 is 0 Å². The first kappa shape index (κ1) is 3.88. The fourth-order valence-electron chi connectivity index (χ4n) is 0.241. The van der Waals surface area contributed by atoms with E-state index >= 15 is 0 Å². The van der Waals surface area contributed by atoms with Gasteiger partial charge in [0, 0.05) is 11.5 Å². The average Bonchev–Trinajstić information content (AvgIpc) is 1.76. The smallest absolute Gasteiger partial charge is 0.00767 e. The summed E-state index contributed by atoms with van der Waals surface area (Å²) >= 11 is 0. The van der Waals surface area contributed by atoms with Gasteiger partial charge in [-0.05, 0) is 6.42 Å². The van der Waals surface area contributed by atoms with Gasteiger partial charge in [-0.15, -0.1) is 0 Å². The van der Waals surface area contributed by atoms with E-state index in [0.717, 1.165) is 0 Å². The summed E-state index contributed by atoms with van der Waals surface area (Å²) < 4.78 is 0. The molecule has 0 aromatic heterocycles. The van der Waals surface area contributed by atoms with Crippen LogP contribution in [0.4, 0.5) is 0 Å². The van der Waals surface area contributed by atoms with Crippen molar-refractivity contribution in [1.29, 1.82) is 0 Å². The molecule has 0 bridgehead atoms. The van der Waals surface area contributed by atoms with E-state index in [-0.39, 0.29) is 0 Å². The molecule has 0 atom stereocenters. The van der Waals surface area contributed by atoms with Crippen molar-refractivity contribution in [1.82, 2.24) is 0 Å². The first-order valence-electron chi connectivity index (χ1n) is 1.56. The lowest BCUT2D eigenvalue weighted by Gasteiger charge is -1.68. The van der Waals surface area contributed by atoms with Gasteiger partial charge in [-0.25, -0.2) is 0 Å². The minimum atomic E-state index is 1.25. The molecule has 29 valence electrons. The summed E-state index contributed by atoms with van der Waals surface area (Å²) in [5.41, 5.74) is 0. The highest BCUT2D eigenvalue weighted by molar-refractivity contribution is 8.77. The van der Waals surface area contributed by atoms with Crippen molar-refractivity contribution >= 4 is 21.6 Å². The lowest BCUT2D eigenvalue weighted by atomic mass is 10.6. The van der Waals surface area contributed by atoms with Crippen molar-refractivity contribution in [2.45, 2.75) is 0 Å². The minimum Gasteiger partial charge on any atom is -0.0938 e. The molecule has 1 aliphatic rings. The van der Waals surface area contributed by atoms with E-state index in [1.54, 1.807) is 0 Å². The van der Waals surface area contributed by atoms with Gasteiger partial charge in [-0.1, -0.05) is 21.6 Å². The summed E-state index contributed by atoms with van der Waals surface area (Å²) in [6, 6.07) is 0.